The van der Waals surface area contributed by atoms with E-state index in [2.05, 4.69) is 15.0 Å². The largest absolute Gasteiger partial charge is 0.394 e. The molecular weight excluding hydrogens is 436 g/mol. The number of aliphatic hydroxyl groups is 3. The highest BCUT2D eigenvalue weighted by Gasteiger charge is 2.44. The summed E-state index contributed by atoms with van der Waals surface area (Å²) in [6, 6.07) is 3.25. The lowest BCUT2D eigenvalue weighted by molar-refractivity contribution is -0.396. The second kappa shape index (κ2) is 8.12. The lowest BCUT2D eigenvalue weighted by Gasteiger charge is -2.16. The van der Waals surface area contributed by atoms with Crippen molar-refractivity contribution in [1.82, 2.24) is 19.5 Å². The van der Waals surface area contributed by atoms with Crippen LogP contribution in [-0.4, -0.2) is 69.6 Å². The third-order valence-corrected chi connectivity index (χ3v) is 5.73. The van der Waals surface area contributed by atoms with Crippen LogP contribution in [0.15, 0.2) is 40.8 Å². The Bertz CT molecular complexity index is 1170. The standard InChI is InChI=1S/C16H14N6O8S/c23-4-9-12(24)13(25)16(30-9)20-6-19-11-14(20)17-5-18-15(11)31-10-2-1-7(21(26)27)3-8(10)22(28)29/h1-3,5-6,9,12-13,16,23-25H,4H2/t9-,12-,13-,16-/m1/s1. The zero-order valence-electron chi connectivity index (χ0n) is 15.4. The molecule has 4 atom stereocenters. The van der Waals surface area contributed by atoms with E-state index >= 15 is 0 Å². The van der Waals surface area contributed by atoms with Gasteiger partial charge in [0.25, 0.3) is 11.4 Å². The van der Waals surface area contributed by atoms with E-state index in [4.69, 9.17) is 4.74 Å². The van der Waals surface area contributed by atoms with Gasteiger partial charge in [-0.25, -0.2) is 15.0 Å². The first-order valence-electron chi connectivity index (χ1n) is 8.72. The highest BCUT2D eigenvalue weighted by molar-refractivity contribution is 7.99. The van der Waals surface area contributed by atoms with Gasteiger partial charge >= 0.3 is 0 Å². The van der Waals surface area contributed by atoms with E-state index in [9.17, 15) is 35.5 Å². The van der Waals surface area contributed by atoms with E-state index in [1.165, 1.54) is 23.3 Å². The minimum Gasteiger partial charge on any atom is -0.394 e. The summed E-state index contributed by atoms with van der Waals surface area (Å²) in [5.74, 6) is 0. The first-order chi connectivity index (χ1) is 14.8. The molecular formula is C16H14N6O8S. The molecule has 1 aliphatic rings. The quantitative estimate of drug-likeness (QED) is 0.266. The van der Waals surface area contributed by atoms with Gasteiger partial charge in [0.15, 0.2) is 11.9 Å². The molecule has 3 heterocycles. The smallest absolute Gasteiger partial charge is 0.290 e. The number of aliphatic hydroxyl groups excluding tert-OH is 3. The van der Waals surface area contributed by atoms with Crippen LogP contribution in [0.4, 0.5) is 11.4 Å². The summed E-state index contributed by atoms with van der Waals surface area (Å²) in [7, 11) is 0. The van der Waals surface area contributed by atoms with E-state index in [-0.39, 0.29) is 21.1 Å². The Labute approximate surface area is 176 Å². The maximum absolute atomic E-state index is 11.4. The molecule has 0 amide bonds. The Morgan fingerprint density at radius 3 is 2.55 bits per heavy atom. The number of ether oxygens (including phenoxy) is 1. The number of nitrogens with zero attached hydrogens (tertiary/aromatic N) is 6. The minimum atomic E-state index is -1.35. The number of hydrogen-bond donors (Lipinski definition) is 3. The van der Waals surface area contributed by atoms with Crippen molar-refractivity contribution in [2.24, 2.45) is 0 Å². The number of hydrogen-bond acceptors (Lipinski definition) is 12. The number of rotatable bonds is 6. The van der Waals surface area contributed by atoms with Crippen LogP contribution >= 0.6 is 11.8 Å². The molecule has 0 radical (unpaired) electrons. The monoisotopic (exact) mass is 450 g/mol. The number of nitro groups is 2. The molecule has 4 rings (SSSR count). The summed E-state index contributed by atoms with van der Waals surface area (Å²) in [6.45, 7) is -0.499. The number of fused-ring (bicyclic) bond motifs is 1. The van der Waals surface area contributed by atoms with Crippen molar-refractivity contribution in [2.75, 3.05) is 6.61 Å². The molecule has 3 N–H and O–H groups in total. The fourth-order valence-electron chi connectivity index (χ4n) is 3.15. The Kier molecular flexibility index (Phi) is 5.50. The van der Waals surface area contributed by atoms with Crippen molar-refractivity contribution in [2.45, 2.75) is 34.5 Å². The Balaban J connectivity index is 1.72. The molecule has 2 aromatic heterocycles. The summed E-state index contributed by atoms with van der Waals surface area (Å²) >= 11 is 0.871. The molecule has 3 aromatic rings. The van der Waals surface area contributed by atoms with Crippen LogP contribution in [0.25, 0.3) is 11.2 Å². The molecule has 1 aliphatic heterocycles. The number of nitro benzene ring substituents is 2. The van der Waals surface area contributed by atoms with Crippen LogP contribution in [0.1, 0.15) is 6.23 Å². The maximum atomic E-state index is 11.4. The molecule has 0 aliphatic carbocycles. The van der Waals surface area contributed by atoms with Crippen molar-refractivity contribution in [3.63, 3.8) is 0 Å². The molecule has 0 bridgehead atoms. The first-order valence-corrected chi connectivity index (χ1v) is 9.54. The summed E-state index contributed by atoms with van der Waals surface area (Å²) in [4.78, 5) is 33.3. The average molecular weight is 450 g/mol. The molecule has 14 nitrogen and oxygen atoms in total. The summed E-state index contributed by atoms with van der Waals surface area (Å²) in [5, 5.41) is 52.0. The Morgan fingerprint density at radius 2 is 1.90 bits per heavy atom. The van der Waals surface area contributed by atoms with Crippen LogP contribution in [0.5, 0.6) is 0 Å². The second-order valence-electron chi connectivity index (χ2n) is 6.50. The lowest BCUT2D eigenvalue weighted by atomic mass is 10.1. The third kappa shape index (κ3) is 3.68. The topological polar surface area (TPSA) is 200 Å². The van der Waals surface area contributed by atoms with E-state index in [1.807, 2.05) is 0 Å². The van der Waals surface area contributed by atoms with Gasteiger partial charge in [0.2, 0.25) is 0 Å². The average Bonchev–Trinajstić information content (AvgIpc) is 3.30. The van der Waals surface area contributed by atoms with Gasteiger partial charge in [-0.3, -0.25) is 24.8 Å². The van der Waals surface area contributed by atoms with Crippen LogP contribution < -0.4 is 0 Å². The molecule has 0 saturated carbocycles. The van der Waals surface area contributed by atoms with E-state index < -0.39 is 52.4 Å². The SMILES string of the molecule is O=[N+]([O-])c1ccc(Sc2ncnc3c2ncn3[C@@H]2O[C@H](CO)[C@@H](O)[C@H]2O)c([N+](=O)[O-])c1. The van der Waals surface area contributed by atoms with Crippen molar-refractivity contribution in [1.29, 1.82) is 0 Å². The number of non-ortho nitro benzene ring substituents is 1. The minimum absolute atomic E-state index is 0.109. The Morgan fingerprint density at radius 1 is 1.13 bits per heavy atom. The van der Waals surface area contributed by atoms with Crippen molar-refractivity contribution in [3.05, 3.63) is 51.1 Å². The fraction of sp³-hybridized carbons (Fsp3) is 0.312. The van der Waals surface area contributed by atoms with E-state index in [1.54, 1.807) is 0 Å². The van der Waals surface area contributed by atoms with Crippen LogP contribution in [-0.2, 0) is 4.74 Å². The summed E-state index contributed by atoms with van der Waals surface area (Å²) in [6.07, 6.45) is -2.24. The van der Waals surface area contributed by atoms with Gasteiger partial charge in [-0.2, -0.15) is 0 Å². The maximum Gasteiger partial charge on any atom is 0.290 e. The summed E-state index contributed by atoms with van der Waals surface area (Å²) < 4.78 is 6.84. The zero-order chi connectivity index (χ0) is 22.3. The van der Waals surface area contributed by atoms with Crippen LogP contribution in [0, 0.1) is 20.2 Å². The van der Waals surface area contributed by atoms with Gasteiger partial charge in [-0.15, -0.1) is 0 Å². The molecule has 15 heteroatoms. The molecule has 162 valence electrons. The van der Waals surface area contributed by atoms with Gasteiger partial charge < -0.3 is 20.1 Å². The third-order valence-electron chi connectivity index (χ3n) is 4.67. The fourth-order valence-corrected chi connectivity index (χ4v) is 4.08. The van der Waals surface area contributed by atoms with Gasteiger partial charge in [0.1, 0.15) is 35.2 Å². The van der Waals surface area contributed by atoms with Crippen molar-refractivity contribution < 1.29 is 29.9 Å². The van der Waals surface area contributed by atoms with Gasteiger partial charge in [-0.05, 0) is 6.07 Å². The first kappa shape index (κ1) is 21.0. The van der Waals surface area contributed by atoms with Crippen LogP contribution in [0.2, 0.25) is 0 Å². The van der Waals surface area contributed by atoms with E-state index in [0.717, 1.165) is 23.9 Å². The van der Waals surface area contributed by atoms with Gasteiger partial charge in [0.05, 0.1) is 33.7 Å². The highest BCUT2D eigenvalue weighted by atomic mass is 32.2. The van der Waals surface area contributed by atoms with Crippen molar-refractivity contribution >= 4 is 34.3 Å². The van der Waals surface area contributed by atoms with Gasteiger partial charge in [0, 0.05) is 6.07 Å². The predicted molar refractivity (Wildman–Crippen MR) is 102 cm³/mol. The zero-order valence-corrected chi connectivity index (χ0v) is 16.2. The molecule has 1 fully saturated rings. The second-order valence-corrected chi connectivity index (χ2v) is 7.53. The lowest BCUT2D eigenvalue weighted by Crippen LogP contribution is -2.33. The molecule has 1 saturated heterocycles. The van der Waals surface area contributed by atoms with Crippen LogP contribution in [0.3, 0.4) is 0 Å². The van der Waals surface area contributed by atoms with Gasteiger partial charge in [-0.1, -0.05) is 11.8 Å². The highest BCUT2D eigenvalue weighted by Crippen LogP contribution is 2.39. The molecule has 0 spiro atoms. The number of benzene rings is 1. The number of imidazole rings is 1. The normalized spacial score (nSPS) is 23.3. The molecule has 1 aromatic carbocycles. The molecule has 31 heavy (non-hydrogen) atoms. The Hall–Kier alpha value is -3.24. The number of aromatic nitrogens is 4. The van der Waals surface area contributed by atoms with Crippen molar-refractivity contribution in [3.8, 4) is 0 Å². The summed E-state index contributed by atoms with van der Waals surface area (Å²) in [5.41, 5.74) is -0.429. The van der Waals surface area contributed by atoms with E-state index in [0.29, 0.717) is 0 Å². The molecule has 0 unspecified atom stereocenters. The predicted octanol–water partition coefficient (Wildman–Crippen LogP) is 0.405.